The van der Waals surface area contributed by atoms with E-state index >= 15 is 0 Å². The molecule has 0 aliphatic carbocycles. The summed E-state index contributed by atoms with van der Waals surface area (Å²) in [5, 5.41) is 11.8. The summed E-state index contributed by atoms with van der Waals surface area (Å²) in [7, 11) is 0. The van der Waals surface area contributed by atoms with E-state index in [4.69, 9.17) is 9.47 Å². The average Bonchev–Trinajstić information content (AvgIpc) is 2.89. The maximum Gasteiger partial charge on any atom is 0.231 e. The van der Waals surface area contributed by atoms with Crippen LogP contribution >= 0.6 is 0 Å². The van der Waals surface area contributed by atoms with Gasteiger partial charge in [-0.15, -0.1) is 0 Å². The molecule has 1 atom stereocenters. The van der Waals surface area contributed by atoms with Crippen LogP contribution in [0.5, 0.6) is 0 Å². The molecular formula is C14H21N5O4. The Balaban J connectivity index is 2.01. The quantitative estimate of drug-likeness (QED) is 0.729. The number of aromatic nitrogens is 4. The zero-order valence-electron chi connectivity index (χ0n) is 13.4. The molecule has 0 saturated carbocycles. The van der Waals surface area contributed by atoms with Crippen LogP contribution in [-0.2, 0) is 21.0 Å². The van der Waals surface area contributed by atoms with Crippen molar-refractivity contribution in [3.8, 4) is 0 Å². The summed E-state index contributed by atoms with van der Waals surface area (Å²) in [6.45, 7) is 5.58. The fraction of sp³-hybridized carbons (Fsp3) is 0.571. The molecule has 0 spiro atoms. The zero-order chi connectivity index (χ0) is 16.8. The molecule has 0 aromatic carbocycles. The van der Waals surface area contributed by atoms with E-state index < -0.39 is 6.10 Å². The third kappa shape index (κ3) is 4.95. The lowest BCUT2D eigenvalue weighted by Gasteiger charge is -2.17. The third-order valence-electron chi connectivity index (χ3n) is 2.94. The van der Waals surface area contributed by atoms with Crippen LogP contribution in [0.1, 0.15) is 20.8 Å². The molecular weight excluding hydrogens is 302 g/mol. The predicted octanol–water partition coefficient (Wildman–Crippen LogP) is 0.545. The van der Waals surface area contributed by atoms with E-state index in [9.17, 15) is 9.90 Å². The number of imidazole rings is 1. The summed E-state index contributed by atoms with van der Waals surface area (Å²) in [5.41, 5.74) is 1.12. The molecule has 1 amide bonds. The van der Waals surface area contributed by atoms with Crippen molar-refractivity contribution in [1.82, 2.24) is 19.5 Å². The Labute approximate surface area is 133 Å². The Morgan fingerprint density at radius 1 is 1.39 bits per heavy atom. The van der Waals surface area contributed by atoms with Gasteiger partial charge in [-0.2, -0.15) is 4.98 Å². The van der Waals surface area contributed by atoms with Gasteiger partial charge in [0.2, 0.25) is 11.9 Å². The van der Waals surface area contributed by atoms with Gasteiger partial charge in [-0.25, -0.2) is 9.97 Å². The number of amides is 1. The van der Waals surface area contributed by atoms with Gasteiger partial charge in [-0.3, -0.25) is 10.1 Å². The lowest BCUT2D eigenvalue weighted by atomic mass is 10.4. The Kier molecular flexibility index (Phi) is 5.97. The van der Waals surface area contributed by atoms with Crippen LogP contribution in [-0.4, -0.2) is 56.0 Å². The van der Waals surface area contributed by atoms with Gasteiger partial charge in [0.05, 0.1) is 31.8 Å². The fourth-order valence-electron chi connectivity index (χ4n) is 1.81. The van der Waals surface area contributed by atoms with Crippen LogP contribution in [0.3, 0.4) is 0 Å². The smallest absolute Gasteiger partial charge is 0.231 e. The molecule has 0 saturated heterocycles. The number of nitrogens with one attached hydrogen (secondary N) is 1. The van der Waals surface area contributed by atoms with E-state index in [1.807, 2.05) is 13.8 Å². The van der Waals surface area contributed by atoms with Crippen molar-refractivity contribution in [2.24, 2.45) is 0 Å². The number of hydrogen-bond donors (Lipinski definition) is 2. The first-order valence-corrected chi connectivity index (χ1v) is 7.29. The summed E-state index contributed by atoms with van der Waals surface area (Å²) in [5.74, 6) is -0.0437. The van der Waals surface area contributed by atoms with E-state index in [1.54, 1.807) is 17.1 Å². The SMILES string of the molecule is CC(=O)Nc1ncc2c(ncn2COC(CO)COC(C)C)n1. The van der Waals surface area contributed by atoms with Crippen molar-refractivity contribution >= 4 is 23.0 Å². The number of aliphatic hydroxyl groups excluding tert-OH is 1. The normalized spacial score (nSPS) is 12.7. The topological polar surface area (TPSA) is 111 Å². The summed E-state index contributed by atoms with van der Waals surface area (Å²) in [4.78, 5) is 23.3. The highest BCUT2D eigenvalue weighted by molar-refractivity contribution is 5.87. The van der Waals surface area contributed by atoms with Crippen LogP contribution in [0, 0.1) is 0 Å². The summed E-state index contributed by atoms with van der Waals surface area (Å²) in [6.07, 6.45) is 2.77. The second kappa shape index (κ2) is 7.95. The highest BCUT2D eigenvalue weighted by Gasteiger charge is 2.12. The number of rotatable bonds is 8. The molecule has 0 fully saturated rings. The molecule has 2 aromatic rings. The Morgan fingerprint density at radius 3 is 2.83 bits per heavy atom. The van der Waals surface area contributed by atoms with Crippen LogP contribution < -0.4 is 5.32 Å². The number of fused-ring (bicyclic) bond motifs is 1. The first-order chi connectivity index (χ1) is 11.0. The minimum Gasteiger partial charge on any atom is -0.394 e. The number of nitrogens with zero attached hydrogens (tertiary/aromatic N) is 4. The highest BCUT2D eigenvalue weighted by atomic mass is 16.5. The van der Waals surface area contributed by atoms with Crippen LogP contribution in [0.25, 0.3) is 11.2 Å². The third-order valence-corrected chi connectivity index (χ3v) is 2.94. The number of ether oxygens (including phenoxy) is 2. The second-order valence-corrected chi connectivity index (χ2v) is 5.28. The van der Waals surface area contributed by atoms with Crippen molar-refractivity contribution in [2.45, 2.75) is 39.7 Å². The van der Waals surface area contributed by atoms with Gasteiger partial charge in [0.15, 0.2) is 5.65 Å². The Bertz CT molecular complexity index is 658. The van der Waals surface area contributed by atoms with Crippen LogP contribution in [0.15, 0.2) is 12.5 Å². The van der Waals surface area contributed by atoms with Crippen LogP contribution in [0.2, 0.25) is 0 Å². The monoisotopic (exact) mass is 323 g/mol. The molecule has 1 unspecified atom stereocenters. The molecule has 2 rings (SSSR count). The minimum atomic E-state index is -0.422. The molecule has 126 valence electrons. The van der Waals surface area contributed by atoms with Crippen molar-refractivity contribution in [2.75, 3.05) is 18.5 Å². The van der Waals surface area contributed by atoms with Crippen LogP contribution in [0.4, 0.5) is 5.95 Å². The molecule has 2 aromatic heterocycles. The predicted molar refractivity (Wildman–Crippen MR) is 82.7 cm³/mol. The Morgan fingerprint density at radius 2 is 2.17 bits per heavy atom. The maximum atomic E-state index is 11.0. The van der Waals surface area contributed by atoms with Gasteiger partial charge in [-0.1, -0.05) is 0 Å². The fourth-order valence-corrected chi connectivity index (χ4v) is 1.81. The minimum absolute atomic E-state index is 0.0716. The van der Waals surface area contributed by atoms with E-state index in [1.165, 1.54) is 6.92 Å². The van der Waals surface area contributed by atoms with Gasteiger partial charge in [0.1, 0.15) is 18.4 Å². The van der Waals surface area contributed by atoms with Gasteiger partial charge in [-0.05, 0) is 13.8 Å². The largest absolute Gasteiger partial charge is 0.394 e. The van der Waals surface area contributed by atoms with Crippen molar-refractivity contribution in [3.63, 3.8) is 0 Å². The first-order valence-electron chi connectivity index (χ1n) is 7.29. The van der Waals surface area contributed by atoms with Gasteiger partial charge in [0.25, 0.3) is 0 Å². The van der Waals surface area contributed by atoms with E-state index in [0.717, 1.165) is 0 Å². The first kappa shape index (κ1) is 17.3. The van der Waals surface area contributed by atoms with Crippen molar-refractivity contribution < 1.29 is 19.4 Å². The number of carbonyl (C=O) groups excluding carboxylic acids is 1. The molecule has 0 aliphatic heterocycles. The molecule has 0 aliphatic rings. The van der Waals surface area contributed by atoms with E-state index in [2.05, 4.69) is 20.3 Å². The second-order valence-electron chi connectivity index (χ2n) is 5.28. The highest BCUT2D eigenvalue weighted by Crippen LogP contribution is 2.12. The number of carbonyl (C=O) groups is 1. The van der Waals surface area contributed by atoms with Gasteiger partial charge < -0.3 is 19.1 Å². The van der Waals surface area contributed by atoms with E-state index in [0.29, 0.717) is 17.8 Å². The molecule has 2 heterocycles. The molecule has 9 heteroatoms. The molecule has 9 nitrogen and oxygen atoms in total. The van der Waals surface area contributed by atoms with Gasteiger partial charge >= 0.3 is 0 Å². The lowest BCUT2D eigenvalue weighted by molar-refractivity contribution is -0.114. The number of anilines is 1. The lowest BCUT2D eigenvalue weighted by Crippen LogP contribution is -2.26. The molecule has 0 bridgehead atoms. The number of aliphatic hydroxyl groups is 1. The maximum absolute atomic E-state index is 11.0. The van der Waals surface area contributed by atoms with Crippen molar-refractivity contribution in [3.05, 3.63) is 12.5 Å². The average molecular weight is 323 g/mol. The van der Waals surface area contributed by atoms with E-state index in [-0.39, 0.29) is 31.3 Å². The number of hydrogen-bond acceptors (Lipinski definition) is 7. The zero-order valence-corrected chi connectivity index (χ0v) is 13.4. The Hall–Kier alpha value is -2.10. The standard InChI is InChI=1S/C14H21N5O4/c1-9(2)22-6-11(5-20)23-8-19-7-16-13-12(19)4-15-14(18-13)17-10(3)21/h4,7,9,11,20H,5-6,8H2,1-3H3,(H,15,17,18,21). The van der Waals surface area contributed by atoms with Gasteiger partial charge in [0, 0.05) is 6.92 Å². The molecule has 2 N–H and O–H groups in total. The summed E-state index contributed by atoms with van der Waals surface area (Å²) < 4.78 is 12.8. The summed E-state index contributed by atoms with van der Waals surface area (Å²) >= 11 is 0. The molecule has 23 heavy (non-hydrogen) atoms. The summed E-state index contributed by atoms with van der Waals surface area (Å²) in [6, 6.07) is 0. The molecule has 0 radical (unpaired) electrons. The van der Waals surface area contributed by atoms with Crippen molar-refractivity contribution in [1.29, 1.82) is 0 Å².